The summed E-state index contributed by atoms with van der Waals surface area (Å²) in [6, 6.07) is 5.52. The quantitative estimate of drug-likeness (QED) is 0.749. The molecule has 0 unspecified atom stereocenters. The van der Waals surface area contributed by atoms with E-state index in [1.165, 1.54) is 12.8 Å². The van der Waals surface area contributed by atoms with Crippen molar-refractivity contribution >= 4 is 11.9 Å². The fourth-order valence-corrected chi connectivity index (χ4v) is 3.12. The lowest BCUT2D eigenvalue weighted by Crippen LogP contribution is -2.36. The van der Waals surface area contributed by atoms with Crippen LogP contribution in [0.5, 0.6) is 11.5 Å². The molecule has 6 nitrogen and oxygen atoms in total. The number of carbonyl (C=O) groups is 2. The highest BCUT2D eigenvalue weighted by molar-refractivity contribution is 6.04. The van der Waals surface area contributed by atoms with Gasteiger partial charge in [-0.25, -0.2) is 0 Å². The molecule has 1 aromatic carbocycles. The number of hydrogen-bond acceptors (Lipinski definition) is 4. The van der Waals surface area contributed by atoms with Gasteiger partial charge in [-0.05, 0) is 56.2 Å². The number of benzene rings is 1. The topological polar surface area (TPSA) is 84.9 Å². The molecule has 0 radical (unpaired) electrons. The van der Waals surface area contributed by atoms with E-state index >= 15 is 0 Å². The predicted molar refractivity (Wildman–Crippen MR) is 87.0 cm³/mol. The van der Waals surface area contributed by atoms with Crippen LogP contribution in [0.4, 0.5) is 0 Å². The largest absolute Gasteiger partial charge is 0.493 e. The molecule has 0 aliphatic heterocycles. The maximum atomic E-state index is 12.1. The van der Waals surface area contributed by atoms with Crippen LogP contribution >= 0.6 is 0 Å². The van der Waals surface area contributed by atoms with E-state index in [2.05, 4.69) is 5.32 Å². The van der Waals surface area contributed by atoms with Gasteiger partial charge in [0.05, 0.1) is 13.2 Å². The molecule has 0 spiro atoms. The van der Waals surface area contributed by atoms with Gasteiger partial charge in [-0.3, -0.25) is 9.59 Å². The normalized spacial score (nSPS) is 18.9. The number of carboxylic acid groups (broad SMARTS) is 1. The Morgan fingerprint density at radius 2 is 1.96 bits per heavy atom. The Morgan fingerprint density at radius 3 is 2.54 bits per heavy atom. The molecule has 0 bridgehead atoms. The summed E-state index contributed by atoms with van der Waals surface area (Å²) in [5, 5.41) is 11.9. The van der Waals surface area contributed by atoms with Gasteiger partial charge in [0.25, 0.3) is 0 Å². The molecule has 0 saturated heterocycles. The van der Waals surface area contributed by atoms with Crippen molar-refractivity contribution in [3.63, 3.8) is 0 Å². The lowest BCUT2D eigenvalue weighted by Gasteiger charge is -2.17. The molecule has 24 heavy (non-hydrogen) atoms. The van der Waals surface area contributed by atoms with Gasteiger partial charge in [0.2, 0.25) is 5.91 Å². The van der Waals surface area contributed by atoms with Crippen molar-refractivity contribution in [3.05, 3.63) is 23.8 Å². The van der Waals surface area contributed by atoms with E-state index in [9.17, 15) is 9.59 Å². The first-order chi connectivity index (χ1) is 11.5. The molecule has 130 valence electrons. The van der Waals surface area contributed by atoms with Crippen molar-refractivity contribution in [3.8, 4) is 11.5 Å². The minimum atomic E-state index is -1.21. The lowest BCUT2D eigenvalue weighted by molar-refractivity contribution is -0.149. The molecule has 3 rings (SSSR count). The number of hydrogen-bond donors (Lipinski definition) is 2. The molecule has 2 N–H and O–H groups in total. The number of ether oxygens (including phenoxy) is 2. The summed E-state index contributed by atoms with van der Waals surface area (Å²) < 4.78 is 11.4. The van der Waals surface area contributed by atoms with Crippen LogP contribution in [0.15, 0.2) is 18.2 Å². The SMILES string of the molecule is COc1ccc(CNC(=O)C2(C(=O)O)CC2)cc1OC1CCCC1. The Labute approximate surface area is 141 Å². The zero-order valence-corrected chi connectivity index (χ0v) is 13.8. The van der Waals surface area contributed by atoms with E-state index < -0.39 is 17.3 Å². The zero-order valence-electron chi connectivity index (χ0n) is 13.8. The Bertz CT molecular complexity index is 632. The number of amides is 1. The Morgan fingerprint density at radius 1 is 1.25 bits per heavy atom. The fourth-order valence-electron chi connectivity index (χ4n) is 3.12. The maximum absolute atomic E-state index is 12.1. The van der Waals surface area contributed by atoms with Gasteiger partial charge in [0.15, 0.2) is 11.5 Å². The second-order valence-electron chi connectivity index (χ2n) is 6.58. The molecule has 0 atom stereocenters. The van der Waals surface area contributed by atoms with Gasteiger partial charge < -0.3 is 19.9 Å². The van der Waals surface area contributed by atoms with Crippen LogP contribution in [0, 0.1) is 5.41 Å². The standard InChI is InChI=1S/C18H23NO5/c1-23-14-7-6-12(10-15(14)24-13-4-2-3-5-13)11-19-16(20)18(8-9-18)17(21)22/h6-7,10,13H,2-5,8-9,11H2,1H3,(H,19,20)(H,21,22). The summed E-state index contributed by atoms with van der Waals surface area (Å²) in [4.78, 5) is 23.3. The second kappa shape index (κ2) is 6.71. The molecule has 0 aromatic heterocycles. The summed E-state index contributed by atoms with van der Waals surface area (Å²) in [5.74, 6) is -0.110. The van der Waals surface area contributed by atoms with Crippen molar-refractivity contribution in [1.29, 1.82) is 0 Å². The smallest absolute Gasteiger partial charge is 0.319 e. The van der Waals surface area contributed by atoms with E-state index in [4.69, 9.17) is 14.6 Å². The predicted octanol–water partition coefficient (Wildman–Crippen LogP) is 2.50. The van der Waals surface area contributed by atoms with E-state index in [1.807, 2.05) is 18.2 Å². The number of aliphatic carboxylic acids is 1. The third-order valence-corrected chi connectivity index (χ3v) is 4.87. The van der Waals surface area contributed by atoms with Gasteiger partial charge in [-0.15, -0.1) is 0 Å². The number of rotatable bonds is 7. The fraction of sp³-hybridized carbons (Fsp3) is 0.556. The highest BCUT2D eigenvalue weighted by atomic mass is 16.5. The lowest BCUT2D eigenvalue weighted by atomic mass is 10.1. The monoisotopic (exact) mass is 333 g/mol. The summed E-state index contributed by atoms with van der Waals surface area (Å²) in [7, 11) is 1.60. The Balaban J connectivity index is 1.65. The second-order valence-corrected chi connectivity index (χ2v) is 6.58. The number of carbonyl (C=O) groups excluding carboxylic acids is 1. The van der Waals surface area contributed by atoms with Gasteiger partial charge in [-0.1, -0.05) is 6.07 Å². The van der Waals surface area contributed by atoms with Crippen LogP contribution in [-0.2, 0) is 16.1 Å². The van der Waals surface area contributed by atoms with Crippen LogP contribution in [0.1, 0.15) is 44.1 Å². The summed E-state index contributed by atoms with van der Waals surface area (Å²) in [6.07, 6.45) is 5.49. The first-order valence-corrected chi connectivity index (χ1v) is 8.40. The molecular formula is C18H23NO5. The van der Waals surface area contributed by atoms with Gasteiger partial charge in [-0.2, -0.15) is 0 Å². The van der Waals surface area contributed by atoms with E-state index in [1.54, 1.807) is 7.11 Å². The summed E-state index contributed by atoms with van der Waals surface area (Å²) >= 11 is 0. The van der Waals surface area contributed by atoms with Crippen LogP contribution in [0.2, 0.25) is 0 Å². The van der Waals surface area contributed by atoms with Gasteiger partial charge >= 0.3 is 5.97 Å². The van der Waals surface area contributed by atoms with Crippen molar-refractivity contribution in [1.82, 2.24) is 5.32 Å². The van der Waals surface area contributed by atoms with E-state index in [0.717, 1.165) is 18.4 Å². The number of carboxylic acids is 1. The first-order valence-electron chi connectivity index (χ1n) is 8.40. The third-order valence-electron chi connectivity index (χ3n) is 4.87. The third kappa shape index (κ3) is 3.32. The van der Waals surface area contributed by atoms with Gasteiger partial charge in [0.1, 0.15) is 5.41 Å². The summed E-state index contributed by atoms with van der Waals surface area (Å²) in [6.45, 7) is 0.277. The Hall–Kier alpha value is -2.24. The molecule has 0 heterocycles. The molecule has 2 fully saturated rings. The zero-order chi connectivity index (χ0) is 17.2. The van der Waals surface area contributed by atoms with Crippen molar-refractivity contribution in [2.75, 3.05) is 7.11 Å². The molecule has 1 aromatic rings. The highest BCUT2D eigenvalue weighted by Crippen LogP contribution is 2.46. The molecule has 2 aliphatic carbocycles. The average Bonchev–Trinajstić information content (AvgIpc) is 3.25. The maximum Gasteiger partial charge on any atom is 0.319 e. The van der Waals surface area contributed by atoms with Crippen LogP contribution in [0.25, 0.3) is 0 Å². The van der Waals surface area contributed by atoms with Crippen molar-refractivity contribution < 1.29 is 24.2 Å². The van der Waals surface area contributed by atoms with Crippen LogP contribution in [-0.4, -0.2) is 30.2 Å². The van der Waals surface area contributed by atoms with Crippen LogP contribution < -0.4 is 14.8 Å². The molecule has 1 amide bonds. The Kier molecular flexibility index (Phi) is 4.64. The van der Waals surface area contributed by atoms with Crippen molar-refractivity contribution in [2.24, 2.45) is 5.41 Å². The van der Waals surface area contributed by atoms with E-state index in [0.29, 0.717) is 24.3 Å². The van der Waals surface area contributed by atoms with Crippen molar-refractivity contribution in [2.45, 2.75) is 51.2 Å². The highest BCUT2D eigenvalue weighted by Gasteiger charge is 2.56. The number of nitrogens with one attached hydrogen (secondary N) is 1. The molecule has 2 aliphatic rings. The molecule has 2 saturated carbocycles. The minimum absolute atomic E-state index is 0.213. The van der Waals surface area contributed by atoms with Gasteiger partial charge in [0, 0.05) is 6.54 Å². The summed E-state index contributed by atoms with van der Waals surface area (Å²) in [5.41, 5.74) is -0.353. The average molecular weight is 333 g/mol. The first kappa shape index (κ1) is 16.6. The minimum Gasteiger partial charge on any atom is -0.493 e. The number of methoxy groups -OCH3 is 1. The van der Waals surface area contributed by atoms with Crippen LogP contribution in [0.3, 0.4) is 0 Å². The van der Waals surface area contributed by atoms with E-state index in [-0.39, 0.29) is 12.6 Å². The molecule has 6 heteroatoms. The molecular weight excluding hydrogens is 310 g/mol.